The van der Waals surface area contributed by atoms with E-state index in [2.05, 4.69) is 20.1 Å². The third kappa shape index (κ3) is 3.37. The molecule has 0 saturated heterocycles. The van der Waals surface area contributed by atoms with Gasteiger partial charge in [-0.1, -0.05) is 6.07 Å². The Balaban J connectivity index is 1.39. The van der Waals surface area contributed by atoms with Crippen molar-refractivity contribution in [1.82, 2.24) is 15.2 Å². The van der Waals surface area contributed by atoms with Gasteiger partial charge in [0.15, 0.2) is 0 Å². The van der Waals surface area contributed by atoms with E-state index in [1.54, 1.807) is 6.20 Å². The summed E-state index contributed by atoms with van der Waals surface area (Å²) in [5, 5.41) is 8.24. The van der Waals surface area contributed by atoms with Crippen molar-refractivity contribution >= 4 is 5.69 Å². The van der Waals surface area contributed by atoms with Crippen molar-refractivity contribution in [2.45, 2.75) is 25.3 Å². The monoisotopic (exact) mass is 322 g/mol. The Kier molecular flexibility index (Phi) is 3.86. The van der Waals surface area contributed by atoms with Crippen LogP contribution in [0.4, 0.5) is 5.69 Å². The molecule has 24 heavy (non-hydrogen) atoms. The highest BCUT2D eigenvalue weighted by Gasteiger charge is 2.29. The van der Waals surface area contributed by atoms with E-state index in [1.165, 1.54) is 0 Å². The number of hydrogen-bond donors (Lipinski definition) is 0. The van der Waals surface area contributed by atoms with Crippen molar-refractivity contribution < 1.29 is 9.15 Å². The van der Waals surface area contributed by atoms with Gasteiger partial charge in [-0.3, -0.25) is 0 Å². The molecular weight excluding hydrogens is 304 g/mol. The molecule has 0 atom stereocenters. The lowest BCUT2D eigenvalue weighted by Crippen LogP contribution is -2.16. The summed E-state index contributed by atoms with van der Waals surface area (Å²) in [6.45, 7) is 0.583. The van der Waals surface area contributed by atoms with Gasteiger partial charge in [0.25, 0.3) is 0 Å². The quantitative estimate of drug-likeness (QED) is 0.688. The average Bonchev–Trinajstić information content (AvgIpc) is 3.36. The number of pyridine rings is 1. The summed E-state index contributed by atoms with van der Waals surface area (Å²) in [4.78, 5) is 6.21. The summed E-state index contributed by atoms with van der Waals surface area (Å²) < 4.78 is 11.4. The van der Waals surface area contributed by atoms with Crippen LogP contribution in [0.3, 0.4) is 0 Å². The predicted molar refractivity (Wildman–Crippen MR) is 89.1 cm³/mol. The SMILES string of the molecule is CN(Cc1nnc(C2CC2)o1)c1ccc(Oc2ccccn2)cc1. The Labute approximate surface area is 140 Å². The van der Waals surface area contributed by atoms with Gasteiger partial charge < -0.3 is 14.1 Å². The Morgan fingerprint density at radius 3 is 2.67 bits per heavy atom. The average molecular weight is 322 g/mol. The molecule has 122 valence electrons. The van der Waals surface area contributed by atoms with Gasteiger partial charge in [0.2, 0.25) is 17.7 Å². The maximum atomic E-state index is 5.71. The van der Waals surface area contributed by atoms with E-state index in [-0.39, 0.29) is 0 Å². The first kappa shape index (κ1) is 14.7. The maximum absolute atomic E-state index is 5.71. The van der Waals surface area contributed by atoms with Crippen LogP contribution in [-0.4, -0.2) is 22.2 Å². The molecule has 1 fully saturated rings. The molecule has 0 spiro atoms. The zero-order valence-electron chi connectivity index (χ0n) is 13.4. The second kappa shape index (κ2) is 6.31. The Hall–Kier alpha value is -2.89. The smallest absolute Gasteiger partial charge is 0.235 e. The van der Waals surface area contributed by atoms with Crippen LogP contribution in [0.1, 0.15) is 30.5 Å². The molecule has 3 aromatic rings. The number of anilines is 1. The van der Waals surface area contributed by atoms with Crippen LogP contribution in [0.15, 0.2) is 53.1 Å². The van der Waals surface area contributed by atoms with Gasteiger partial charge in [0.1, 0.15) is 5.75 Å². The molecule has 0 amide bonds. The zero-order valence-corrected chi connectivity index (χ0v) is 13.4. The van der Waals surface area contributed by atoms with Crippen molar-refractivity contribution in [1.29, 1.82) is 0 Å². The van der Waals surface area contributed by atoms with Crippen LogP contribution in [0.2, 0.25) is 0 Å². The van der Waals surface area contributed by atoms with Gasteiger partial charge in [-0.2, -0.15) is 0 Å². The summed E-state index contributed by atoms with van der Waals surface area (Å²) in [5.41, 5.74) is 1.05. The highest BCUT2D eigenvalue weighted by molar-refractivity contribution is 5.48. The summed E-state index contributed by atoms with van der Waals surface area (Å²) in [7, 11) is 2.00. The van der Waals surface area contributed by atoms with Gasteiger partial charge >= 0.3 is 0 Å². The minimum Gasteiger partial charge on any atom is -0.439 e. The number of nitrogens with zero attached hydrogens (tertiary/aromatic N) is 4. The van der Waals surface area contributed by atoms with Crippen LogP contribution in [-0.2, 0) is 6.54 Å². The lowest BCUT2D eigenvalue weighted by Gasteiger charge is -2.17. The van der Waals surface area contributed by atoms with Crippen molar-refractivity contribution in [3.8, 4) is 11.6 Å². The second-order valence-corrected chi connectivity index (χ2v) is 5.93. The first-order chi connectivity index (χ1) is 11.8. The molecular formula is C18H18N4O2. The summed E-state index contributed by atoms with van der Waals surface area (Å²) in [6.07, 6.45) is 4.03. The molecule has 1 aliphatic carbocycles. The van der Waals surface area contributed by atoms with Gasteiger partial charge in [-0.05, 0) is 43.2 Å². The fourth-order valence-corrected chi connectivity index (χ4v) is 2.42. The van der Waals surface area contributed by atoms with E-state index in [4.69, 9.17) is 9.15 Å². The molecule has 4 rings (SSSR count). The normalized spacial score (nSPS) is 13.7. The van der Waals surface area contributed by atoms with Crippen molar-refractivity contribution in [3.05, 3.63) is 60.4 Å². The van der Waals surface area contributed by atoms with Gasteiger partial charge in [0, 0.05) is 30.9 Å². The molecule has 2 heterocycles. The molecule has 1 aliphatic rings. The van der Waals surface area contributed by atoms with Crippen LogP contribution < -0.4 is 9.64 Å². The van der Waals surface area contributed by atoms with Crippen LogP contribution in [0.25, 0.3) is 0 Å². The molecule has 0 bridgehead atoms. The Bertz CT molecular complexity index is 797. The van der Waals surface area contributed by atoms with Crippen LogP contribution >= 0.6 is 0 Å². The predicted octanol–water partition coefficient (Wildman–Crippen LogP) is 3.77. The molecule has 1 saturated carbocycles. The molecule has 6 heteroatoms. The molecule has 6 nitrogen and oxygen atoms in total. The van der Waals surface area contributed by atoms with E-state index in [1.807, 2.05) is 49.5 Å². The van der Waals surface area contributed by atoms with Crippen molar-refractivity contribution in [3.63, 3.8) is 0 Å². The lowest BCUT2D eigenvalue weighted by molar-refractivity contribution is 0.449. The third-order valence-electron chi connectivity index (χ3n) is 3.92. The minimum atomic E-state index is 0.486. The van der Waals surface area contributed by atoms with E-state index in [0.717, 1.165) is 30.2 Å². The first-order valence-corrected chi connectivity index (χ1v) is 8.00. The fraction of sp³-hybridized carbons (Fsp3) is 0.278. The Morgan fingerprint density at radius 1 is 1.12 bits per heavy atom. The first-order valence-electron chi connectivity index (χ1n) is 8.00. The molecule has 0 N–H and O–H groups in total. The summed E-state index contributed by atoms with van der Waals surface area (Å²) in [6, 6.07) is 13.4. The molecule has 2 aromatic heterocycles. The fourth-order valence-electron chi connectivity index (χ4n) is 2.42. The largest absolute Gasteiger partial charge is 0.439 e. The molecule has 0 radical (unpaired) electrons. The van der Waals surface area contributed by atoms with E-state index in [9.17, 15) is 0 Å². The maximum Gasteiger partial charge on any atom is 0.235 e. The van der Waals surface area contributed by atoms with Crippen LogP contribution in [0, 0.1) is 0 Å². The third-order valence-corrected chi connectivity index (χ3v) is 3.92. The number of aromatic nitrogens is 3. The van der Waals surface area contributed by atoms with Gasteiger partial charge in [-0.25, -0.2) is 4.98 Å². The zero-order chi connectivity index (χ0) is 16.4. The summed E-state index contributed by atoms with van der Waals surface area (Å²) >= 11 is 0. The van der Waals surface area contributed by atoms with Crippen LogP contribution in [0.5, 0.6) is 11.6 Å². The lowest BCUT2D eigenvalue weighted by atomic mass is 10.3. The number of ether oxygens (including phenoxy) is 1. The second-order valence-electron chi connectivity index (χ2n) is 5.93. The standard InChI is InChI=1S/C18H18N4O2/c1-22(12-17-20-21-18(24-17)13-5-6-13)14-7-9-15(10-8-14)23-16-4-2-3-11-19-16/h2-4,7-11,13H,5-6,12H2,1H3. The molecule has 0 unspecified atom stereocenters. The Morgan fingerprint density at radius 2 is 1.96 bits per heavy atom. The molecule has 0 aliphatic heterocycles. The number of benzene rings is 1. The minimum absolute atomic E-state index is 0.486. The number of rotatable bonds is 6. The molecule has 1 aromatic carbocycles. The number of hydrogen-bond acceptors (Lipinski definition) is 6. The van der Waals surface area contributed by atoms with Crippen molar-refractivity contribution in [2.75, 3.05) is 11.9 Å². The van der Waals surface area contributed by atoms with Gasteiger partial charge in [-0.15, -0.1) is 10.2 Å². The van der Waals surface area contributed by atoms with Crippen molar-refractivity contribution in [2.24, 2.45) is 0 Å². The van der Waals surface area contributed by atoms with Gasteiger partial charge in [0.05, 0.1) is 6.54 Å². The van der Waals surface area contributed by atoms with E-state index in [0.29, 0.717) is 24.2 Å². The highest BCUT2D eigenvalue weighted by atomic mass is 16.5. The highest BCUT2D eigenvalue weighted by Crippen LogP contribution is 2.39. The summed E-state index contributed by atoms with van der Waals surface area (Å²) in [5.74, 6) is 3.24. The topological polar surface area (TPSA) is 64.3 Å². The van der Waals surface area contributed by atoms with E-state index < -0.39 is 0 Å². The van der Waals surface area contributed by atoms with E-state index >= 15 is 0 Å².